The van der Waals surface area contributed by atoms with E-state index in [0.29, 0.717) is 25.2 Å². The number of carbonyl (C=O) groups is 2. The van der Waals surface area contributed by atoms with Gasteiger partial charge in [-0.3, -0.25) is 14.5 Å². The van der Waals surface area contributed by atoms with Crippen LogP contribution in [-0.2, 0) is 4.79 Å². The van der Waals surface area contributed by atoms with E-state index in [4.69, 9.17) is 0 Å². The number of carbonyl (C=O) groups excluding carboxylic acids is 2. The largest absolute Gasteiger partial charge is 0.339 e. The summed E-state index contributed by atoms with van der Waals surface area (Å²) in [5.74, 6) is 0.00316. The van der Waals surface area contributed by atoms with Gasteiger partial charge in [0.25, 0.3) is 5.91 Å². The van der Waals surface area contributed by atoms with E-state index in [-0.39, 0.29) is 36.6 Å². The molecule has 0 aromatic heterocycles. The molecule has 2 amide bonds. The highest BCUT2D eigenvalue weighted by molar-refractivity contribution is 5.96. The van der Waals surface area contributed by atoms with Crippen molar-refractivity contribution in [1.82, 2.24) is 15.1 Å². The fraction of sp³-hybridized carbons (Fsp3) is 0.529. The van der Waals surface area contributed by atoms with Crippen molar-refractivity contribution in [2.75, 3.05) is 51.1 Å². The molecule has 1 aromatic rings. The zero-order chi connectivity index (χ0) is 16.7. The summed E-state index contributed by atoms with van der Waals surface area (Å²) < 4.78 is 0. The summed E-state index contributed by atoms with van der Waals surface area (Å²) in [7, 11) is 0. The molecule has 0 bridgehead atoms. The molecule has 1 aliphatic rings. The van der Waals surface area contributed by atoms with Crippen LogP contribution in [0.1, 0.15) is 24.2 Å². The fourth-order valence-corrected chi connectivity index (χ4v) is 2.66. The molecule has 1 aliphatic heterocycles. The molecule has 0 spiro atoms. The van der Waals surface area contributed by atoms with Crippen molar-refractivity contribution in [3.8, 4) is 0 Å². The zero-order valence-corrected chi connectivity index (χ0v) is 16.4. The van der Waals surface area contributed by atoms with Crippen LogP contribution in [0.4, 0.5) is 5.69 Å². The number of hydrogen-bond acceptors (Lipinski definition) is 4. The first-order chi connectivity index (χ1) is 11.1. The van der Waals surface area contributed by atoms with E-state index in [9.17, 15) is 9.59 Å². The average Bonchev–Trinajstić information content (AvgIpc) is 2.57. The van der Waals surface area contributed by atoms with Crippen LogP contribution in [0.5, 0.6) is 0 Å². The first kappa shape index (κ1) is 23.7. The van der Waals surface area contributed by atoms with Crippen LogP contribution in [0, 0.1) is 0 Å². The summed E-state index contributed by atoms with van der Waals surface area (Å²) in [4.78, 5) is 28.2. The molecule has 0 atom stereocenters. The van der Waals surface area contributed by atoms with Crippen molar-refractivity contribution in [1.29, 1.82) is 0 Å². The van der Waals surface area contributed by atoms with Crippen molar-refractivity contribution < 1.29 is 9.59 Å². The van der Waals surface area contributed by atoms with Gasteiger partial charge in [0, 0.05) is 50.5 Å². The van der Waals surface area contributed by atoms with Crippen LogP contribution in [0.2, 0.25) is 0 Å². The van der Waals surface area contributed by atoms with Gasteiger partial charge >= 0.3 is 0 Å². The predicted octanol–water partition coefficient (Wildman–Crippen LogP) is 1.86. The van der Waals surface area contributed by atoms with E-state index in [0.717, 1.165) is 31.9 Å². The van der Waals surface area contributed by atoms with Crippen LogP contribution in [-0.4, -0.2) is 67.4 Å². The number of nitrogens with zero attached hydrogens (tertiary/aromatic N) is 2. The molecule has 1 heterocycles. The van der Waals surface area contributed by atoms with Crippen LogP contribution in [0.3, 0.4) is 0 Å². The van der Waals surface area contributed by atoms with E-state index in [1.807, 2.05) is 13.8 Å². The predicted molar refractivity (Wildman–Crippen MR) is 106 cm³/mol. The number of halogens is 2. The first-order valence-electron chi connectivity index (χ1n) is 8.26. The van der Waals surface area contributed by atoms with Gasteiger partial charge in [-0.25, -0.2) is 0 Å². The molecule has 25 heavy (non-hydrogen) atoms. The van der Waals surface area contributed by atoms with E-state index >= 15 is 0 Å². The molecule has 1 fully saturated rings. The second-order valence-electron chi connectivity index (χ2n) is 5.63. The number of anilines is 1. The maximum Gasteiger partial charge on any atom is 0.253 e. The van der Waals surface area contributed by atoms with Gasteiger partial charge in [0.15, 0.2) is 0 Å². The normalized spacial score (nSPS) is 14.0. The van der Waals surface area contributed by atoms with Gasteiger partial charge < -0.3 is 15.5 Å². The minimum absolute atomic E-state index is 0. The van der Waals surface area contributed by atoms with E-state index in [1.165, 1.54) is 0 Å². The lowest BCUT2D eigenvalue weighted by Crippen LogP contribution is -2.46. The molecule has 142 valence electrons. The fourth-order valence-electron chi connectivity index (χ4n) is 2.66. The van der Waals surface area contributed by atoms with Crippen molar-refractivity contribution in [3.05, 3.63) is 29.8 Å². The van der Waals surface area contributed by atoms with Gasteiger partial charge in [-0.05, 0) is 38.1 Å². The van der Waals surface area contributed by atoms with Crippen molar-refractivity contribution in [3.63, 3.8) is 0 Å². The van der Waals surface area contributed by atoms with Gasteiger partial charge in [0.05, 0.1) is 6.54 Å². The molecular formula is C17H28Cl2N4O2. The minimum atomic E-state index is -0.0188. The molecule has 0 radical (unpaired) electrons. The second-order valence-corrected chi connectivity index (χ2v) is 5.63. The van der Waals surface area contributed by atoms with Gasteiger partial charge in [0.1, 0.15) is 0 Å². The molecule has 8 heteroatoms. The molecule has 1 aromatic carbocycles. The molecular weight excluding hydrogens is 363 g/mol. The quantitative estimate of drug-likeness (QED) is 0.777. The highest BCUT2D eigenvalue weighted by Gasteiger charge is 2.14. The Morgan fingerprint density at radius 1 is 1.08 bits per heavy atom. The van der Waals surface area contributed by atoms with Gasteiger partial charge in [-0.1, -0.05) is 0 Å². The summed E-state index contributed by atoms with van der Waals surface area (Å²) in [6, 6.07) is 7.10. The third-order valence-electron chi connectivity index (χ3n) is 4.04. The standard InChI is InChI=1S/C17H26N4O2.2ClH/c1-3-21(4-2)17(23)14-5-7-15(8-6-14)19-16(22)13-20-11-9-18-10-12-20;;/h5-8,18H,3-4,9-13H2,1-2H3,(H,19,22);2*1H. The van der Waals surface area contributed by atoms with Crippen molar-refractivity contribution >= 4 is 42.3 Å². The minimum Gasteiger partial charge on any atom is -0.339 e. The Morgan fingerprint density at radius 2 is 1.64 bits per heavy atom. The van der Waals surface area contributed by atoms with Crippen LogP contribution in [0.25, 0.3) is 0 Å². The highest BCUT2D eigenvalue weighted by Crippen LogP contribution is 2.12. The zero-order valence-electron chi connectivity index (χ0n) is 14.8. The molecule has 2 rings (SSSR count). The lowest BCUT2D eigenvalue weighted by Gasteiger charge is -2.26. The van der Waals surface area contributed by atoms with Crippen LogP contribution in [0.15, 0.2) is 24.3 Å². The Labute approximate surface area is 162 Å². The summed E-state index contributed by atoms with van der Waals surface area (Å²) in [6.45, 7) is 9.36. The third kappa shape index (κ3) is 7.20. The Morgan fingerprint density at radius 3 is 2.16 bits per heavy atom. The van der Waals surface area contributed by atoms with Crippen molar-refractivity contribution in [2.24, 2.45) is 0 Å². The number of nitrogens with one attached hydrogen (secondary N) is 2. The Hall–Kier alpha value is -1.34. The topological polar surface area (TPSA) is 64.7 Å². The number of rotatable bonds is 6. The molecule has 0 unspecified atom stereocenters. The molecule has 0 saturated carbocycles. The van der Waals surface area contributed by atoms with E-state index in [2.05, 4.69) is 15.5 Å². The van der Waals surface area contributed by atoms with Gasteiger partial charge in [-0.2, -0.15) is 0 Å². The lowest BCUT2D eigenvalue weighted by molar-refractivity contribution is -0.117. The lowest BCUT2D eigenvalue weighted by atomic mass is 10.1. The summed E-state index contributed by atoms with van der Waals surface area (Å²) in [6.07, 6.45) is 0. The third-order valence-corrected chi connectivity index (χ3v) is 4.04. The van der Waals surface area contributed by atoms with Crippen molar-refractivity contribution in [2.45, 2.75) is 13.8 Å². The maximum atomic E-state index is 12.2. The second kappa shape index (κ2) is 12.1. The SMILES string of the molecule is CCN(CC)C(=O)c1ccc(NC(=O)CN2CCNCC2)cc1.Cl.Cl. The summed E-state index contributed by atoms with van der Waals surface area (Å²) in [5.41, 5.74) is 1.37. The molecule has 2 N–H and O–H groups in total. The molecule has 1 saturated heterocycles. The summed E-state index contributed by atoms with van der Waals surface area (Å²) >= 11 is 0. The van der Waals surface area contributed by atoms with Crippen LogP contribution < -0.4 is 10.6 Å². The molecule has 6 nitrogen and oxygen atoms in total. The van der Waals surface area contributed by atoms with E-state index < -0.39 is 0 Å². The number of benzene rings is 1. The Bertz CT molecular complexity index is 530. The summed E-state index contributed by atoms with van der Waals surface area (Å²) in [5, 5.41) is 6.15. The molecule has 0 aliphatic carbocycles. The van der Waals surface area contributed by atoms with Gasteiger partial charge in [0.2, 0.25) is 5.91 Å². The first-order valence-corrected chi connectivity index (χ1v) is 8.26. The van der Waals surface area contributed by atoms with E-state index in [1.54, 1.807) is 29.2 Å². The Kier molecular flexibility index (Phi) is 11.4. The monoisotopic (exact) mass is 390 g/mol. The number of hydrogen-bond donors (Lipinski definition) is 2. The smallest absolute Gasteiger partial charge is 0.253 e. The maximum absolute atomic E-state index is 12.2. The highest BCUT2D eigenvalue weighted by atomic mass is 35.5. The number of amides is 2. The van der Waals surface area contributed by atoms with Crippen LogP contribution >= 0.6 is 24.8 Å². The Balaban J connectivity index is 0.00000288. The average molecular weight is 391 g/mol. The number of piperazine rings is 1. The van der Waals surface area contributed by atoms with Gasteiger partial charge in [-0.15, -0.1) is 24.8 Å².